The Morgan fingerprint density at radius 1 is 1.21 bits per heavy atom. The van der Waals surface area contributed by atoms with Crippen molar-refractivity contribution >= 4 is 44.9 Å². The molecule has 0 spiro atoms. The Bertz CT molecular complexity index is 2000. The number of nitrogens with zero attached hydrogens (tertiary/aromatic N) is 6. The number of amides is 1. The van der Waals surface area contributed by atoms with E-state index in [0.29, 0.717) is 65.1 Å². The van der Waals surface area contributed by atoms with Crippen LogP contribution in [0.1, 0.15) is 31.2 Å². The lowest BCUT2D eigenvalue weighted by Crippen LogP contribution is -2.63. The maximum atomic E-state index is 16.9. The number of carbonyl (C=O) groups excluding carboxylic acids is 1. The summed E-state index contributed by atoms with van der Waals surface area (Å²) < 4.78 is 38.0. The summed E-state index contributed by atoms with van der Waals surface area (Å²) in [5.74, 6) is -0.570. The van der Waals surface area contributed by atoms with Gasteiger partial charge < -0.3 is 14.5 Å². The molecule has 2 aromatic heterocycles. The van der Waals surface area contributed by atoms with Gasteiger partial charge in [0.2, 0.25) is 11.8 Å². The number of fused-ring (bicyclic) bond motifs is 4. The number of hydrogen-bond donors (Lipinski definition) is 0. The van der Waals surface area contributed by atoms with E-state index < -0.39 is 17.5 Å². The normalized spacial score (nSPS) is 25.1. The van der Waals surface area contributed by atoms with Crippen LogP contribution in [-0.4, -0.2) is 82.3 Å². The van der Waals surface area contributed by atoms with Crippen molar-refractivity contribution in [3.63, 3.8) is 0 Å². The van der Waals surface area contributed by atoms with Gasteiger partial charge in [-0.1, -0.05) is 48.5 Å². The molecule has 8 nitrogen and oxygen atoms in total. The number of hydrogen-bond acceptors (Lipinski definition) is 7. The monoisotopic (exact) mass is 654 g/mol. The Hall–Kier alpha value is -4.33. The number of rotatable bonds is 7. The quantitative estimate of drug-likeness (QED) is 0.218. The number of pyridine rings is 2. The summed E-state index contributed by atoms with van der Waals surface area (Å²) >= 11 is 6.62. The number of carbonyl (C=O) groups is 1. The third-order valence-electron chi connectivity index (χ3n) is 10.6. The van der Waals surface area contributed by atoms with Crippen molar-refractivity contribution in [2.24, 2.45) is 0 Å². The lowest BCUT2D eigenvalue weighted by molar-refractivity contribution is -0.127. The van der Waals surface area contributed by atoms with Crippen LogP contribution in [-0.2, 0) is 11.2 Å². The first kappa shape index (κ1) is 30.0. The number of nitriles is 1. The summed E-state index contributed by atoms with van der Waals surface area (Å²) in [5, 5.41) is 12.5. The minimum atomic E-state index is -0.933. The lowest BCUT2D eigenvalue weighted by atomic mass is 9.92. The van der Waals surface area contributed by atoms with Gasteiger partial charge in [-0.15, -0.1) is 0 Å². The van der Waals surface area contributed by atoms with Crippen LogP contribution in [0.2, 0.25) is 5.02 Å². The van der Waals surface area contributed by atoms with Gasteiger partial charge in [0.25, 0.3) is 0 Å². The Labute approximate surface area is 276 Å². The Kier molecular flexibility index (Phi) is 7.30. The summed E-state index contributed by atoms with van der Waals surface area (Å²) in [7, 11) is 0. The number of ether oxygens (including phenoxy) is 1. The Morgan fingerprint density at radius 3 is 2.85 bits per heavy atom. The van der Waals surface area contributed by atoms with Gasteiger partial charge in [0.15, 0.2) is 5.82 Å². The molecule has 4 aliphatic heterocycles. The second-order valence-corrected chi connectivity index (χ2v) is 13.5. The van der Waals surface area contributed by atoms with Gasteiger partial charge in [-0.25, -0.2) is 13.8 Å². The van der Waals surface area contributed by atoms with Crippen molar-refractivity contribution in [1.29, 1.82) is 5.26 Å². The highest BCUT2D eigenvalue weighted by Gasteiger charge is 2.51. The molecule has 0 saturated carbocycles. The number of anilines is 1. The number of halogens is 3. The molecule has 240 valence electrons. The lowest BCUT2D eigenvalue weighted by Gasteiger charge is -2.49. The van der Waals surface area contributed by atoms with Gasteiger partial charge >= 0.3 is 0 Å². The van der Waals surface area contributed by atoms with Gasteiger partial charge in [0.1, 0.15) is 24.0 Å². The fourth-order valence-corrected chi connectivity index (χ4v) is 8.76. The zero-order chi connectivity index (χ0) is 32.4. The van der Waals surface area contributed by atoms with E-state index in [1.807, 2.05) is 29.2 Å². The smallest absolute Gasteiger partial charge is 0.246 e. The molecule has 47 heavy (non-hydrogen) atoms. The van der Waals surface area contributed by atoms with Gasteiger partial charge in [-0.05, 0) is 43.3 Å². The SMILES string of the molecule is C=CC(=O)N1CC[C@@H]2[C@H]1CN2c1c(CC#N)c(OC[C@@]23CCCN2C[C@H](F)C3)nc2c(F)c(-c3cccc4cccc(Cl)c34)ncc12. The van der Waals surface area contributed by atoms with Crippen molar-refractivity contribution in [3.05, 3.63) is 71.7 Å². The molecule has 0 bridgehead atoms. The average molecular weight is 655 g/mol. The molecule has 2 aromatic carbocycles. The van der Waals surface area contributed by atoms with Crippen molar-refractivity contribution in [2.45, 2.75) is 55.9 Å². The molecule has 0 N–H and O–H groups in total. The van der Waals surface area contributed by atoms with E-state index in [1.54, 1.807) is 18.3 Å². The minimum Gasteiger partial charge on any atom is -0.475 e. The summed E-state index contributed by atoms with van der Waals surface area (Å²) in [5.41, 5.74) is 1.45. The zero-order valence-corrected chi connectivity index (χ0v) is 26.5. The molecule has 4 aromatic rings. The van der Waals surface area contributed by atoms with Crippen molar-refractivity contribution in [2.75, 3.05) is 37.7 Å². The van der Waals surface area contributed by atoms with Crippen LogP contribution in [0.3, 0.4) is 0 Å². The first-order valence-corrected chi connectivity index (χ1v) is 16.5. The summed E-state index contributed by atoms with van der Waals surface area (Å²) in [6.45, 7) is 6.11. The second kappa shape index (κ2) is 11.4. The fraction of sp³-hybridized carbons (Fsp3) is 0.389. The third kappa shape index (κ3) is 4.66. The second-order valence-electron chi connectivity index (χ2n) is 13.1. The maximum Gasteiger partial charge on any atom is 0.246 e. The van der Waals surface area contributed by atoms with Crippen LogP contribution in [0, 0.1) is 17.1 Å². The van der Waals surface area contributed by atoms with Gasteiger partial charge in [-0.3, -0.25) is 14.7 Å². The topological polar surface area (TPSA) is 85.6 Å². The molecule has 4 saturated heterocycles. The van der Waals surface area contributed by atoms with Crippen LogP contribution in [0.5, 0.6) is 5.88 Å². The van der Waals surface area contributed by atoms with E-state index >= 15 is 4.39 Å². The summed E-state index contributed by atoms with van der Waals surface area (Å²) in [6, 6.07) is 13.3. The third-order valence-corrected chi connectivity index (χ3v) is 11.0. The predicted octanol–water partition coefficient (Wildman–Crippen LogP) is 6.24. The molecule has 0 aliphatic carbocycles. The highest BCUT2D eigenvalue weighted by Crippen LogP contribution is 2.47. The van der Waals surface area contributed by atoms with E-state index in [4.69, 9.17) is 21.3 Å². The molecular weight excluding hydrogens is 622 g/mol. The molecule has 4 aliphatic rings. The molecule has 4 fully saturated rings. The van der Waals surface area contributed by atoms with E-state index in [2.05, 4.69) is 27.4 Å². The van der Waals surface area contributed by atoms with Crippen molar-refractivity contribution < 1.29 is 18.3 Å². The number of likely N-dealkylation sites (tertiary alicyclic amines) is 1. The van der Waals surface area contributed by atoms with E-state index in [9.17, 15) is 14.4 Å². The molecule has 6 heterocycles. The van der Waals surface area contributed by atoms with E-state index in [1.165, 1.54) is 6.08 Å². The molecule has 11 heteroatoms. The number of aromatic nitrogens is 2. The maximum absolute atomic E-state index is 16.9. The van der Waals surface area contributed by atoms with Gasteiger partial charge in [0.05, 0.1) is 41.4 Å². The first-order valence-electron chi connectivity index (χ1n) is 16.1. The van der Waals surface area contributed by atoms with E-state index in [-0.39, 0.29) is 48.1 Å². The molecule has 1 amide bonds. The largest absolute Gasteiger partial charge is 0.475 e. The minimum absolute atomic E-state index is 0.0242. The Balaban J connectivity index is 1.29. The molecule has 0 radical (unpaired) electrons. The van der Waals surface area contributed by atoms with Crippen molar-refractivity contribution in [3.8, 4) is 23.2 Å². The number of benzene rings is 2. The highest BCUT2D eigenvalue weighted by molar-refractivity contribution is 6.36. The first-order chi connectivity index (χ1) is 22.8. The van der Waals surface area contributed by atoms with Crippen LogP contribution in [0.25, 0.3) is 32.9 Å². The van der Waals surface area contributed by atoms with Crippen LogP contribution < -0.4 is 9.64 Å². The Morgan fingerprint density at radius 2 is 2.04 bits per heavy atom. The molecule has 8 rings (SSSR count). The molecule has 4 atom stereocenters. The fourth-order valence-electron chi connectivity index (χ4n) is 8.48. The van der Waals surface area contributed by atoms with Crippen LogP contribution in [0.4, 0.5) is 14.5 Å². The number of alkyl halides is 1. The summed E-state index contributed by atoms with van der Waals surface area (Å²) in [6.07, 6.45) is 4.83. The average Bonchev–Trinajstić information content (AvgIpc) is 3.70. The molecular formula is C36H33ClF2N6O2. The summed E-state index contributed by atoms with van der Waals surface area (Å²) in [4.78, 5) is 28.1. The zero-order valence-electron chi connectivity index (χ0n) is 25.8. The standard InChI is InChI=1S/C36H33ClF2N6O2/c1-2-29(46)44-15-11-27-28(44)19-45(27)34-24(10-13-40)35(47-20-36-12-5-14-43(36)18-22(38)16-36)42-33-25(34)17-41-32(31(33)39)23-8-3-6-21-7-4-9-26(37)30(21)23/h2-4,6-9,17,22,27-28H,1,5,10-12,14-16,18-20H2/t22-,27-,28-,36+/m1/s1. The predicted molar refractivity (Wildman–Crippen MR) is 177 cm³/mol. The van der Waals surface area contributed by atoms with Gasteiger partial charge in [-0.2, -0.15) is 5.26 Å². The van der Waals surface area contributed by atoms with Gasteiger partial charge in [0, 0.05) is 53.6 Å². The highest BCUT2D eigenvalue weighted by atomic mass is 35.5. The van der Waals surface area contributed by atoms with Crippen molar-refractivity contribution in [1.82, 2.24) is 19.8 Å². The molecule has 0 unspecified atom stereocenters. The van der Waals surface area contributed by atoms with Crippen LogP contribution >= 0.6 is 11.6 Å². The van der Waals surface area contributed by atoms with E-state index in [0.717, 1.165) is 24.8 Å². The van der Waals surface area contributed by atoms with Crippen LogP contribution in [0.15, 0.2) is 55.3 Å².